The van der Waals surface area contributed by atoms with Gasteiger partial charge in [-0.2, -0.15) is 0 Å². The Morgan fingerprint density at radius 3 is 2.42 bits per heavy atom. The van der Waals surface area contributed by atoms with Gasteiger partial charge >= 0.3 is 0 Å². The van der Waals surface area contributed by atoms with Crippen molar-refractivity contribution in [1.82, 2.24) is 4.90 Å². The second-order valence-electron chi connectivity index (χ2n) is 5.39. The van der Waals surface area contributed by atoms with Crippen LogP contribution in [0.15, 0.2) is 18.2 Å². The van der Waals surface area contributed by atoms with Crippen molar-refractivity contribution in [3.63, 3.8) is 0 Å². The van der Waals surface area contributed by atoms with Crippen LogP contribution in [0.3, 0.4) is 0 Å². The van der Waals surface area contributed by atoms with Crippen molar-refractivity contribution >= 4 is 0 Å². The maximum absolute atomic E-state index is 5.78. The zero-order chi connectivity index (χ0) is 13.5. The van der Waals surface area contributed by atoms with Crippen molar-refractivity contribution in [2.24, 2.45) is 5.73 Å². The first kappa shape index (κ1) is 14.4. The van der Waals surface area contributed by atoms with E-state index >= 15 is 0 Å². The van der Waals surface area contributed by atoms with Crippen molar-refractivity contribution < 1.29 is 4.74 Å². The Kier molecular flexibility index (Phi) is 5.67. The van der Waals surface area contributed by atoms with Crippen LogP contribution >= 0.6 is 0 Å². The highest BCUT2D eigenvalue weighted by Crippen LogP contribution is 2.21. The molecule has 19 heavy (non-hydrogen) atoms. The van der Waals surface area contributed by atoms with E-state index in [1.165, 1.54) is 50.8 Å². The second-order valence-corrected chi connectivity index (χ2v) is 5.39. The van der Waals surface area contributed by atoms with Gasteiger partial charge in [-0.05, 0) is 43.6 Å². The molecule has 0 bridgehead atoms. The number of likely N-dealkylation sites (tertiary alicyclic amines) is 1. The Bertz CT molecular complexity index is 384. The van der Waals surface area contributed by atoms with Gasteiger partial charge in [0.25, 0.3) is 0 Å². The predicted molar refractivity (Wildman–Crippen MR) is 79.2 cm³/mol. The summed E-state index contributed by atoms with van der Waals surface area (Å²) < 4.78 is 5.32. The highest BCUT2D eigenvalue weighted by molar-refractivity contribution is 5.37. The van der Waals surface area contributed by atoms with Gasteiger partial charge in [0.15, 0.2) is 0 Å². The fraction of sp³-hybridized carbons (Fsp3) is 0.625. The molecule has 2 rings (SSSR count). The molecule has 0 saturated carbocycles. The molecule has 0 aromatic heterocycles. The molecule has 1 saturated heterocycles. The van der Waals surface area contributed by atoms with E-state index in [-0.39, 0.29) is 0 Å². The Balaban J connectivity index is 2.00. The number of nitrogens with zero attached hydrogens (tertiary/aromatic N) is 1. The lowest BCUT2D eigenvalue weighted by Crippen LogP contribution is -2.26. The molecule has 1 aromatic carbocycles. The van der Waals surface area contributed by atoms with Crippen LogP contribution < -0.4 is 10.5 Å². The molecular formula is C16H26N2O. The lowest BCUT2D eigenvalue weighted by atomic mass is 10.1. The monoisotopic (exact) mass is 262 g/mol. The largest absolute Gasteiger partial charge is 0.496 e. The fourth-order valence-electron chi connectivity index (χ4n) is 2.82. The summed E-state index contributed by atoms with van der Waals surface area (Å²) in [6.45, 7) is 4.03. The molecule has 0 aliphatic carbocycles. The fourth-order valence-corrected chi connectivity index (χ4v) is 2.82. The quantitative estimate of drug-likeness (QED) is 0.906. The van der Waals surface area contributed by atoms with Crippen LogP contribution in [-0.4, -0.2) is 25.1 Å². The summed E-state index contributed by atoms with van der Waals surface area (Å²) in [5.74, 6) is 0.902. The molecule has 0 atom stereocenters. The minimum absolute atomic E-state index is 0.539. The number of methoxy groups -OCH3 is 1. The van der Waals surface area contributed by atoms with E-state index in [1.807, 2.05) is 6.07 Å². The van der Waals surface area contributed by atoms with Crippen molar-refractivity contribution in [3.8, 4) is 5.75 Å². The predicted octanol–water partition coefficient (Wildman–Crippen LogP) is 2.92. The smallest absolute Gasteiger partial charge is 0.123 e. The van der Waals surface area contributed by atoms with Crippen LogP contribution in [0.25, 0.3) is 0 Å². The summed E-state index contributed by atoms with van der Waals surface area (Å²) in [6, 6.07) is 6.40. The highest BCUT2D eigenvalue weighted by atomic mass is 16.5. The standard InChI is InChI=1S/C16H26N2O/c1-19-16-8-7-14(11-15(16)12-17)13-18-9-5-3-2-4-6-10-18/h7-8,11H,2-6,9-10,12-13,17H2,1H3. The maximum atomic E-state index is 5.78. The number of benzene rings is 1. The summed E-state index contributed by atoms with van der Waals surface area (Å²) >= 11 is 0. The van der Waals surface area contributed by atoms with Crippen molar-refractivity contribution in [1.29, 1.82) is 0 Å². The van der Waals surface area contributed by atoms with Crippen LogP contribution in [0, 0.1) is 0 Å². The third-order valence-electron chi connectivity index (χ3n) is 3.92. The van der Waals surface area contributed by atoms with Crippen LogP contribution in [0.5, 0.6) is 5.75 Å². The van der Waals surface area contributed by atoms with Gasteiger partial charge in [0.05, 0.1) is 7.11 Å². The molecule has 3 nitrogen and oxygen atoms in total. The molecule has 1 fully saturated rings. The number of hydrogen-bond acceptors (Lipinski definition) is 3. The van der Waals surface area contributed by atoms with Crippen LogP contribution in [0.2, 0.25) is 0 Å². The Morgan fingerprint density at radius 2 is 1.79 bits per heavy atom. The summed E-state index contributed by atoms with van der Waals surface area (Å²) in [5.41, 5.74) is 8.23. The van der Waals surface area contributed by atoms with Gasteiger partial charge in [-0.15, -0.1) is 0 Å². The number of nitrogens with two attached hydrogens (primary N) is 1. The summed E-state index contributed by atoms with van der Waals surface area (Å²) in [5, 5.41) is 0. The third-order valence-corrected chi connectivity index (χ3v) is 3.92. The van der Waals surface area contributed by atoms with Gasteiger partial charge in [0, 0.05) is 18.7 Å². The number of ether oxygens (including phenoxy) is 1. The van der Waals surface area contributed by atoms with Crippen LogP contribution in [-0.2, 0) is 13.1 Å². The first-order valence-corrected chi connectivity index (χ1v) is 7.41. The molecule has 0 spiro atoms. The van der Waals surface area contributed by atoms with E-state index in [0.29, 0.717) is 6.54 Å². The Hall–Kier alpha value is -1.06. The lowest BCUT2D eigenvalue weighted by Gasteiger charge is -2.24. The van der Waals surface area contributed by atoms with Crippen molar-refractivity contribution in [2.45, 2.75) is 45.2 Å². The van der Waals surface area contributed by atoms with Crippen molar-refractivity contribution in [3.05, 3.63) is 29.3 Å². The minimum Gasteiger partial charge on any atom is -0.496 e. The minimum atomic E-state index is 0.539. The summed E-state index contributed by atoms with van der Waals surface area (Å²) in [4.78, 5) is 2.57. The SMILES string of the molecule is COc1ccc(CN2CCCCCCC2)cc1CN. The average Bonchev–Trinajstić information content (AvgIpc) is 2.41. The van der Waals surface area contributed by atoms with E-state index in [1.54, 1.807) is 7.11 Å². The molecule has 1 heterocycles. The topological polar surface area (TPSA) is 38.5 Å². The number of rotatable bonds is 4. The molecule has 0 amide bonds. The normalized spacial score (nSPS) is 17.8. The first-order valence-electron chi connectivity index (χ1n) is 7.41. The molecule has 106 valence electrons. The molecule has 0 unspecified atom stereocenters. The van der Waals surface area contributed by atoms with Gasteiger partial charge < -0.3 is 10.5 Å². The molecule has 2 N–H and O–H groups in total. The summed E-state index contributed by atoms with van der Waals surface area (Å²) in [7, 11) is 1.70. The van der Waals surface area contributed by atoms with E-state index in [4.69, 9.17) is 10.5 Å². The third kappa shape index (κ3) is 4.22. The first-order chi connectivity index (χ1) is 9.33. The molecule has 0 radical (unpaired) electrons. The highest BCUT2D eigenvalue weighted by Gasteiger charge is 2.10. The second kappa shape index (κ2) is 7.51. The Morgan fingerprint density at radius 1 is 1.11 bits per heavy atom. The van der Waals surface area contributed by atoms with Gasteiger partial charge in [-0.1, -0.05) is 25.3 Å². The number of hydrogen-bond donors (Lipinski definition) is 1. The maximum Gasteiger partial charge on any atom is 0.123 e. The molecule has 1 aliphatic rings. The Labute approximate surface area is 116 Å². The molecular weight excluding hydrogens is 236 g/mol. The van der Waals surface area contributed by atoms with E-state index in [9.17, 15) is 0 Å². The van der Waals surface area contributed by atoms with Crippen LogP contribution in [0.4, 0.5) is 0 Å². The van der Waals surface area contributed by atoms with Gasteiger partial charge in [-0.25, -0.2) is 0 Å². The zero-order valence-electron chi connectivity index (χ0n) is 12.0. The summed E-state index contributed by atoms with van der Waals surface area (Å²) in [6.07, 6.45) is 6.84. The van der Waals surface area contributed by atoms with E-state index in [0.717, 1.165) is 17.9 Å². The average molecular weight is 262 g/mol. The molecule has 1 aromatic rings. The van der Waals surface area contributed by atoms with Gasteiger partial charge in [0.1, 0.15) is 5.75 Å². The zero-order valence-corrected chi connectivity index (χ0v) is 12.0. The van der Waals surface area contributed by atoms with Gasteiger partial charge in [0.2, 0.25) is 0 Å². The molecule has 3 heteroatoms. The lowest BCUT2D eigenvalue weighted by molar-refractivity contribution is 0.239. The molecule has 1 aliphatic heterocycles. The van der Waals surface area contributed by atoms with E-state index < -0.39 is 0 Å². The van der Waals surface area contributed by atoms with E-state index in [2.05, 4.69) is 17.0 Å². The van der Waals surface area contributed by atoms with Crippen LogP contribution in [0.1, 0.15) is 43.2 Å². The van der Waals surface area contributed by atoms with Crippen molar-refractivity contribution in [2.75, 3.05) is 20.2 Å². The van der Waals surface area contributed by atoms with Gasteiger partial charge in [-0.3, -0.25) is 4.90 Å².